The van der Waals surface area contributed by atoms with Gasteiger partial charge in [0.1, 0.15) is 11.9 Å². The van der Waals surface area contributed by atoms with Gasteiger partial charge in [-0.1, -0.05) is 18.2 Å². The molecule has 1 aromatic rings. The van der Waals surface area contributed by atoms with Crippen molar-refractivity contribution in [3.8, 4) is 0 Å². The summed E-state index contributed by atoms with van der Waals surface area (Å²) in [5.41, 5.74) is 5.58. The highest BCUT2D eigenvalue weighted by molar-refractivity contribution is 5.85. The first-order chi connectivity index (χ1) is 6.11. The molecular formula is C9H11ClFNO2. The van der Waals surface area contributed by atoms with E-state index in [4.69, 9.17) is 10.8 Å². The maximum absolute atomic E-state index is 13.0. The van der Waals surface area contributed by atoms with Crippen molar-refractivity contribution in [3.63, 3.8) is 0 Å². The molecule has 0 saturated carbocycles. The zero-order chi connectivity index (χ0) is 9.84. The van der Waals surface area contributed by atoms with E-state index in [1.807, 2.05) is 0 Å². The number of hydrogen-bond acceptors (Lipinski definition) is 2. The molecule has 14 heavy (non-hydrogen) atoms. The van der Waals surface area contributed by atoms with Gasteiger partial charge >= 0.3 is 5.97 Å². The van der Waals surface area contributed by atoms with Crippen LogP contribution < -0.4 is 5.73 Å². The van der Waals surface area contributed by atoms with E-state index < -0.39 is 17.8 Å². The van der Waals surface area contributed by atoms with Crippen molar-refractivity contribution in [2.45, 2.75) is 12.5 Å². The fourth-order valence-corrected chi connectivity index (χ4v) is 0.988. The van der Waals surface area contributed by atoms with Gasteiger partial charge in [-0.2, -0.15) is 0 Å². The zero-order valence-corrected chi connectivity index (χ0v) is 8.13. The van der Waals surface area contributed by atoms with Gasteiger partial charge in [-0.25, -0.2) is 4.39 Å². The molecule has 0 aliphatic carbocycles. The van der Waals surface area contributed by atoms with Gasteiger partial charge in [0.2, 0.25) is 0 Å². The molecule has 78 valence electrons. The molecule has 5 heteroatoms. The summed E-state index contributed by atoms with van der Waals surface area (Å²) in [7, 11) is 0. The van der Waals surface area contributed by atoms with Gasteiger partial charge < -0.3 is 10.8 Å². The summed E-state index contributed by atoms with van der Waals surface area (Å²) in [6.07, 6.45) is 0.0159. The summed E-state index contributed by atoms with van der Waals surface area (Å²) in [5.74, 6) is -1.54. The van der Waals surface area contributed by atoms with E-state index in [9.17, 15) is 9.18 Å². The molecule has 0 amide bonds. The van der Waals surface area contributed by atoms with Crippen LogP contribution in [-0.2, 0) is 11.2 Å². The van der Waals surface area contributed by atoms with Crippen LogP contribution in [0.2, 0.25) is 0 Å². The number of carboxylic acids is 1. The molecular weight excluding hydrogens is 209 g/mol. The predicted molar refractivity (Wildman–Crippen MR) is 53.0 cm³/mol. The number of hydrogen-bond donors (Lipinski definition) is 2. The molecule has 1 rings (SSSR count). The average molecular weight is 220 g/mol. The summed E-state index contributed by atoms with van der Waals surface area (Å²) in [6.45, 7) is 0. The summed E-state index contributed by atoms with van der Waals surface area (Å²) in [6, 6.07) is 4.96. The number of carbonyl (C=O) groups is 1. The third-order valence-corrected chi connectivity index (χ3v) is 1.71. The minimum atomic E-state index is -1.12. The van der Waals surface area contributed by atoms with E-state index >= 15 is 0 Å². The number of carboxylic acid groups (broad SMARTS) is 1. The lowest BCUT2D eigenvalue weighted by atomic mass is 10.1. The summed E-state index contributed by atoms with van der Waals surface area (Å²) in [4.78, 5) is 10.4. The van der Waals surface area contributed by atoms with Crippen LogP contribution in [0, 0.1) is 5.82 Å². The Kier molecular flexibility index (Phi) is 5.12. The van der Waals surface area contributed by atoms with Crippen molar-refractivity contribution >= 4 is 18.4 Å². The van der Waals surface area contributed by atoms with E-state index in [-0.39, 0.29) is 18.8 Å². The average Bonchev–Trinajstić information content (AvgIpc) is 2.08. The summed E-state index contributed by atoms with van der Waals surface area (Å²) < 4.78 is 13.0. The predicted octanol–water partition coefficient (Wildman–Crippen LogP) is 1.20. The van der Waals surface area contributed by atoms with Crippen molar-refractivity contribution in [3.05, 3.63) is 35.6 Å². The van der Waals surface area contributed by atoms with E-state index in [0.29, 0.717) is 5.56 Å². The molecule has 1 atom stereocenters. The largest absolute Gasteiger partial charge is 0.480 e. The highest BCUT2D eigenvalue weighted by Crippen LogP contribution is 2.08. The van der Waals surface area contributed by atoms with Crippen LogP contribution >= 0.6 is 12.4 Å². The summed E-state index contributed by atoms with van der Waals surface area (Å²) >= 11 is 0. The lowest BCUT2D eigenvalue weighted by Crippen LogP contribution is -2.32. The maximum atomic E-state index is 13.0. The van der Waals surface area contributed by atoms with E-state index in [1.54, 1.807) is 12.1 Å². The van der Waals surface area contributed by atoms with Crippen LogP contribution in [0.5, 0.6) is 0 Å². The smallest absolute Gasteiger partial charge is 0.320 e. The normalized spacial score (nSPS) is 11.6. The Labute approximate surface area is 87.1 Å². The molecule has 0 heterocycles. The molecule has 1 unspecified atom stereocenters. The standard InChI is InChI=1S/C9H10FNO2.ClH/c10-7-4-2-1-3-6(7)5-8(11)9(12)13;/h1-4,8H,5,11H2,(H,12,13);1H. The highest BCUT2D eigenvalue weighted by Gasteiger charge is 2.13. The molecule has 0 fully saturated rings. The quantitative estimate of drug-likeness (QED) is 0.803. The van der Waals surface area contributed by atoms with Crippen LogP contribution in [-0.4, -0.2) is 17.1 Å². The number of benzene rings is 1. The van der Waals surface area contributed by atoms with Crippen molar-refractivity contribution in [1.82, 2.24) is 0 Å². The van der Waals surface area contributed by atoms with Gasteiger partial charge in [0.25, 0.3) is 0 Å². The first-order valence-corrected chi connectivity index (χ1v) is 3.83. The van der Waals surface area contributed by atoms with Crippen molar-refractivity contribution in [1.29, 1.82) is 0 Å². The SMILES string of the molecule is Cl.NC(Cc1ccccc1F)C(=O)O. The van der Waals surface area contributed by atoms with Gasteiger partial charge in [0.15, 0.2) is 0 Å². The van der Waals surface area contributed by atoms with E-state index in [2.05, 4.69) is 0 Å². The zero-order valence-electron chi connectivity index (χ0n) is 7.31. The molecule has 1 aromatic carbocycles. The minimum Gasteiger partial charge on any atom is -0.480 e. The number of halogens is 2. The monoisotopic (exact) mass is 219 g/mol. The molecule has 0 radical (unpaired) electrons. The number of rotatable bonds is 3. The van der Waals surface area contributed by atoms with Crippen molar-refractivity contribution in [2.24, 2.45) is 5.73 Å². The Morgan fingerprint density at radius 1 is 1.50 bits per heavy atom. The van der Waals surface area contributed by atoms with E-state index in [1.165, 1.54) is 12.1 Å². The van der Waals surface area contributed by atoms with Crippen LogP contribution in [0.4, 0.5) is 4.39 Å². The highest BCUT2D eigenvalue weighted by atomic mass is 35.5. The van der Waals surface area contributed by atoms with Gasteiger partial charge in [0, 0.05) is 6.42 Å². The Bertz CT molecular complexity index is 319. The molecule has 3 nitrogen and oxygen atoms in total. The van der Waals surface area contributed by atoms with Gasteiger partial charge in [-0.3, -0.25) is 4.79 Å². The molecule has 0 spiro atoms. The van der Waals surface area contributed by atoms with E-state index in [0.717, 1.165) is 0 Å². The Morgan fingerprint density at radius 2 is 2.07 bits per heavy atom. The van der Waals surface area contributed by atoms with Crippen LogP contribution in [0.3, 0.4) is 0 Å². The van der Waals surface area contributed by atoms with Crippen LogP contribution in [0.15, 0.2) is 24.3 Å². The first kappa shape index (κ1) is 12.9. The third-order valence-electron chi connectivity index (χ3n) is 1.71. The number of aliphatic carboxylic acids is 1. The topological polar surface area (TPSA) is 63.3 Å². The van der Waals surface area contributed by atoms with Crippen molar-refractivity contribution < 1.29 is 14.3 Å². The Hall–Kier alpha value is -1.13. The second-order valence-corrected chi connectivity index (χ2v) is 2.74. The fraction of sp³-hybridized carbons (Fsp3) is 0.222. The summed E-state index contributed by atoms with van der Waals surface area (Å²) in [5, 5.41) is 8.49. The minimum absolute atomic E-state index is 0. The molecule has 3 N–H and O–H groups in total. The lowest BCUT2D eigenvalue weighted by Gasteiger charge is -2.06. The molecule has 0 saturated heterocycles. The Balaban J connectivity index is 0.00000169. The lowest BCUT2D eigenvalue weighted by molar-refractivity contribution is -0.138. The molecule has 0 aliphatic rings. The second-order valence-electron chi connectivity index (χ2n) is 2.74. The Morgan fingerprint density at radius 3 is 2.57 bits per heavy atom. The first-order valence-electron chi connectivity index (χ1n) is 3.83. The molecule has 0 aliphatic heterocycles. The van der Waals surface area contributed by atoms with Gasteiger partial charge in [-0.15, -0.1) is 12.4 Å². The van der Waals surface area contributed by atoms with Crippen LogP contribution in [0.25, 0.3) is 0 Å². The fourth-order valence-electron chi connectivity index (χ4n) is 0.988. The second kappa shape index (κ2) is 5.57. The molecule has 0 aromatic heterocycles. The van der Waals surface area contributed by atoms with Crippen molar-refractivity contribution in [2.75, 3.05) is 0 Å². The maximum Gasteiger partial charge on any atom is 0.320 e. The van der Waals surface area contributed by atoms with Crippen LogP contribution in [0.1, 0.15) is 5.56 Å². The van der Waals surface area contributed by atoms with Gasteiger partial charge in [0.05, 0.1) is 0 Å². The van der Waals surface area contributed by atoms with Gasteiger partial charge in [-0.05, 0) is 11.6 Å². The third kappa shape index (κ3) is 3.32. The molecule has 0 bridgehead atoms. The number of nitrogens with two attached hydrogens (primary N) is 1.